The zero-order valence-electron chi connectivity index (χ0n) is 15.9. The van der Waals surface area contributed by atoms with Crippen molar-refractivity contribution in [2.45, 2.75) is 11.1 Å². The van der Waals surface area contributed by atoms with Crippen LogP contribution in [0.1, 0.15) is 22.9 Å². The number of hydrogen-bond acceptors (Lipinski definition) is 5. The Balaban J connectivity index is 1.46. The molecule has 1 amide bonds. The molecule has 4 rings (SSSR count). The van der Waals surface area contributed by atoms with Crippen LogP contribution in [0.2, 0.25) is 0 Å². The molecule has 1 heterocycles. The van der Waals surface area contributed by atoms with Crippen molar-refractivity contribution in [3.8, 4) is 0 Å². The number of hydrogen-bond donors (Lipinski definition) is 1. The maximum Gasteiger partial charge on any atom is 0.277 e. The maximum atomic E-state index is 12.2. The number of halogens is 1. The molecule has 0 saturated carbocycles. The standard InChI is InChI=1S/C23H18BrN3O2S/c24-18-11-13-19(14-12-18)25-20(28)15-30-23-27-26-22(29-23)21(16-7-3-1-4-8-16)17-9-5-2-6-10-17/h1-14,21H,15H2,(H,25,28). The van der Waals surface area contributed by atoms with Gasteiger partial charge in [-0.3, -0.25) is 4.79 Å². The van der Waals surface area contributed by atoms with Gasteiger partial charge in [0.15, 0.2) is 0 Å². The molecule has 0 atom stereocenters. The number of rotatable bonds is 7. The average molecular weight is 480 g/mol. The van der Waals surface area contributed by atoms with E-state index in [0.29, 0.717) is 11.1 Å². The van der Waals surface area contributed by atoms with Gasteiger partial charge in [-0.25, -0.2) is 0 Å². The number of carbonyl (C=O) groups is 1. The molecule has 0 spiro atoms. The summed E-state index contributed by atoms with van der Waals surface area (Å²) in [6.07, 6.45) is 0. The van der Waals surface area contributed by atoms with E-state index in [1.807, 2.05) is 84.9 Å². The zero-order chi connectivity index (χ0) is 20.8. The Kier molecular flexibility index (Phi) is 6.61. The number of carbonyl (C=O) groups excluding carboxylic acids is 1. The third-order valence-electron chi connectivity index (χ3n) is 4.39. The van der Waals surface area contributed by atoms with Crippen molar-refractivity contribution in [3.63, 3.8) is 0 Å². The number of nitrogens with one attached hydrogen (secondary N) is 1. The van der Waals surface area contributed by atoms with E-state index in [1.165, 1.54) is 11.8 Å². The summed E-state index contributed by atoms with van der Waals surface area (Å²) in [6.45, 7) is 0. The number of benzene rings is 3. The molecule has 1 N–H and O–H groups in total. The molecule has 0 aliphatic rings. The zero-order valence-corrected chi connectivity index (χ0v) is 18.3. The van der Waals surface area contributed by atoms with Crippen LogP contribution in [0.5, 0.6) is 0 Å². The highest BCUT2D eigenvalue weighted by Gasteiger charge is 2.23. The van der Waals surface area contributed by atoms with E-state index in [4.69, 9.17) is 4.42 Å². The number of thioether (sulfide) groups is 1. The molecule has 150 valence electrons. The van der Waals surface area contributed by atoms with E-state index >= 15 is 0 Å². The molecule has 0 saturated heterocycles. The van der Waals surface area contributed by atoms with E-state index in [2.05, 4.69) is 31.4 Å². The molecule has 0 aliphatic heterocycles. The summed E-state index contributed by atoms with van der Waals surface area (Å²) in [5.41, 5.74) is 2.87. The van der Waals surface area contributed by atoms with E-state index in [-0.39, 0.29) is 17.6 Å². The highest BCUT2D eigenvalue weighted by Crippen LogP contribution is 2.32. The lowest BCUT2D eigenvalue weighted by atomic mass is 9.91. The lowest BCUT2D eigenvalue weighted by Gasteiger charge is -2.13. The quantitative estimate of drug-likeness (QED) is 0.342. The number of nitrogens with zero attached hydrogens (tertiary/aromatic N) is 2. The first-order valence-corrected chi connectivity index (χ1v) is 11.1. The Morgan fingerprint density at radius 1 is 0.900 bits per heavy atom. The topological polar surface area (TPSA) is 68.0 Å². The Morgan fingerprint density at radius 2 is 1.50 bits per heavy atom. The van der Waals surface area contributed by atoms with Crippen molar-refractivity contribution in [2.75, 3.05) is 11.1 Å². The van der Waals surface area contributed by atoms with Crippen LogP contribution >= 0.6 is 27.7 Å². The molecule has 0 aliphatic carbocycles. The highest BCUT2D eigenvalue weighted by atomic mass is 79.9. The second-order valence-corrected chi connectivity index (χ2v) is 8.35. The van der Waals surface area contributed by atoms with Gasteiger partial charge in [0, 0.05) is 10.2 Å². The van der Waals surface area contributed by atoms with Gasteiger partial charge in [0.05, 0.1) is 11.7 Å². The van der Waals surface area contributed by atoms with Crippen LogP contribution in [0, 0.1) is 0 Å². The Morgan fingerprint density at radius 3 is 2.10 bits per heavy atom. The monoisotopic (exact) mass is 479 g/mol. The summed E-state index contributed by atoms with van der Waals surface area (Å²) < 4.78 is 6.88. The second kappa shape index (κ2) is 9.73. The summed E-state index contributed by atoms with van der Waals surface area (Å²) in [5, 5.41) is 11.6. The van der Waals surface area contributed by atoms with Gasteiger partial charge in [-0.05, 0) is 35.4 Å². The predicted octanol–water partition coefficient (Wildman–Crippen LogP) is 5.74. The number of amides is 1. The summed E-state index contributed by atoms with van der Waals surface area (Å²) in [7, 11) is 0. The molecule has 0 unspecified atom stereocenters. The Bertz CT molecular complexity index is 1060. The molecule has 7 heteroatoms. The second-order valence-electron chi connectivity index (χ2n) is 6.50. The SMILES string of the molecule is O=C(CSc1nnc(C(c2ccccc2)c2ccccc2)o1)Nc1ccc(Br)cc1. The fourth-order valence-corrected chi connectivity index (χ4v) is 3.86. The largest absolute Gasteiger partial charge is 0.415 e. The van der Waals surface area contributed by atoms with Gasteiger partial charge in [-0.1, -0.05) is 88.4 Å². The molecule has 1 aromatic heterocycles. The first-order chi connectivity index (χ1) is 14.7. The van der Waals surface area contributed by atoms with E-state index in [9.17, 15) is 4.79 Å². The lowest BCUT2D eigenvalue weighted by molar-refractivity contribution is -0.113. The Hall–Kier alpha value is -2.90. The smallest absolute Gasteiger partial charge is 0.277 e. The first-order valence-electron chi connectivity index (χ1n) is 9.30. The number of anilines is 1. The van der Waals surface area contributed by atoms with Crippen molar-refractivity contribution < 1.29 is 9.21 Å². The van der Waals surface area contributed by atoms with Crippen molar-refractivity contribution in [2.24, 2.45) is 0 Å². The average Bonchev–Trinajstić information content (AvgIpc) is 3.24. The molecule has 30 heavy (non-hydrogen) atoms. The minimum Gasteiger partial charge on any atom is -0.415 e. The fraction of sp³-hybridized carbons (Fsp3) is 0.0870. The fourth-order valence-electron chi connectivity index (χ4n) is 3.02. The van der Waals surface area contributed by atoms with Crippen LogP contribution in [0.25, 0.3) is 0 Å². The minimum atomic E-state index is -0.161. The van der Waals surface area contributed by atoms with Crippen LogP contribution in [-0.2, 0) is 4.79 Å². The molecule has 0 bridgehead atoms. The van der Waals surface area contributed by atoms with Crippen LogP contribution < -0.4 is 5.32 Å². The van der Waals surface area contributed by atoms with Crippen LogP contribution in [0.15, 0.2) is 99.0 Å². The van der Waals surface area contributed by atoms with Gasteiger partial charge in [-0.15, -0.1) is 10.2 Å². The van der Waals surface area contributed by atoms with E-state index in [1.54, 1.807) is 0 Å². The normalized spacial score (nSPS) is 10.9. The molecular formula is C23H18BrN3O2S. The molecular weight excluding hydrogens is 462 g/mol. The van der Waals surface area contributed by atoms with E-state index in [0.717, 1.165) is 21.3 Å². The van der Waals surface area contributed by atoms with Crippen LogP contribution in [0.3, 0.4) is 0 Å². The molecule has 4 aromatic rings. The van der Waals surface area contributed by atoms with Gasteiger partial charge < -0.3 is 9.73 Å². The summed E-state index contributed by atoms with van der Waals surface area (Å²) in [4.78, 5) is 12.2. The maximum absolute atomic E-state index is 12.2. The summed E-state index contributed by atoms with van der Waals surface area (Å²) in [5.74, 6) is 0.387. The van der Waals surface area contributed by atoms with Crippen molar-refractivity contribution in [3.05, 3.63) is 106 Å². The first kappa shape index (κ1) is 20.4. The van der Waals surface area contributed by atoms with Crippen LogP contribution in [-0.4, -0.2) is 21.9 Å². The third kappa shape index (κ3) is 5.17. The summed E-state index contributed by atoms with van der Waals surface area (Å²) in [6, 6.07) is 27.5. The van der Waals surface area contributed by atoms with Crippen LogP contribution in [0.4, 0.5) is 5.69 Å². The molecule has 3 aromatic carbocycles. The lowest BCUT2D eigenvalue weighted by Crippen LogP contribution is -2.13. The Labute approximate surface area is 187 Å². The van der Waals surface area contributed by atoms with E-state index < -0.39 is 0 Å². The van der Waals surface area contributed by atoms with Gasteiger partial charge in [0.25, 0.3) is 5.22 Å². The minimum absolute atomic E-state index is 0.134. The van der Waals surface area contributed by atoms with Gasteiger partial charge in [0.2, 0.25) is 11.8 Å². The molecule has 0 fully saturated rings. The van der Waals surface area contributed by atoms with Gasteiger partial charge in [-0.2, -0.15) is 0 Å². The number of aromatic nitrogens is 2. The van der Waals surface area contributed by atoms with Gasteiger partial charge >= 0.3 is 0 Å². The van der Waals surface area contributed by atoms with Gasteiger partial charge in [0.1, 0.15) is 0 Å². The van der Waals surface area contributed by atoms with Crippen molar-refractivity contribution >= 4 is 39.3 Å². The molecule has 5 nitrogen and oxygen atoms in total. The van der Waals surface area contributed by atoms with Crippen molar-refractivity contribution in [1.82, 2.24) is 10.2 Å². The third-order valence-corrected chi connectivity index (χ3v) is 5.74. The highest BCUT2D eigenvalue weighted by molar-refractivity contribution is 9.10. The molecule has 0 radical (unpaired) electrons. The van der Waals surface area contributed by atoms with Crippen molar-refractivity contribution in [1.29, 1.82) is 0 Å². The predicted molar refractivity (Wildman–Crippen MR) is 122 cm³/mol. The summed E-state index contributed by atoms with van der Waals surface area (Å²) >= 11 is 4.59.